The first-order valence-electron chi connectivity index (χ1n) is 5.71. The molecule has 15 heavy (non-hydrogen) atoms. The van der Waals surface area contributed by atoms with Gasteiger partial charge in [0.1, 0.15) is 0 Å². The van der Waals surface area contributed by atoms with Gasteiger partial charge in [-0.05, 0) is 31.4 Å². The van der Waals surface area contributed by atoms with Crippen LogP contribution in [0.25, 0.3) is 0 Å². The van der Waals surface area contributed by atoms with E-state index in [0.29, 0.717) is 5.92 Å². The molecular weight excluding hydrogens is 198 g/mol. The maximum atomic E-state index is 3.70. The molecule has 1 rings (SSSR count). The fraction of sp³-hybridized carbons (Fsp3) is 0.538. The molecule has 1 nitrogen and oxygen atoms in total. The summed E-state index contributed by atoms with van der Waals surface area (Å²) in [6.45, 7) is 11.0. The number of rotatable bonds is 4. The SMILES string of the molecule is CCN(CC)c1cccc([Si])c1C(C)C. The number of hydrogen-bond donors (Lipinski definition) is 0. The second-order valence-electron chi connectivity index (χ2n) is 4.07. The van der Waals surface area contributed by atoms with Gasteiger partial charge < -0.3 is 4.90 Å². The van der Waals surface area contributed by atoms with Gasteiger partial charge in [0.25, 0.3) is 0 Å². The second kappa shape index (κ2) is 5.36. The zero-order valence-electron chi connectivity index (χ0n) is 10.2. The molecule has 0 spiro atoms. The van der Waals surface area contributed by atoms with Crippen molar-refractivity contribution in [1.29, 1.82) is 0 Å². The molecule has 0 saturated carbocycles. The molecule has 0 N–H and O–H groups in total. The fourth-order valence-corrected chi connectivity index (χ4v) is 2.51. The summed E-state index contributed by atoms with van der Waals surface area (Å²) in [6, 6.07) is 6.45. The Bertz CT molecular complexity index is 316. The van der Waals surface area contributed by atoms with E-state index in [9.17, 15) is 0 Å². The maximum Gasteiger partial charge on any atom is 0.0716 e. The average molecular weight is 218 g/mol. The minimum absolute atomic E-state index is 0.550. The Morgan fingerprint density at radius 1 is 1.20 bits per heavy atom. The normalized spacial score (nSPS) is 10.8. The summed E-state index contributed by atoms with van der Waals surface area (Å²) in [6.07, 6.45) is 0. The average Bonchev–Trinajstić information content (AvgIpc) is 2.19. The van der Waals surface area contributed by atoms with Gasteiger partial charge in [0.15, 0.2) is 0 Å². The van der Waals surface area contributed by atoms with Gasteiger partial charge in [-0.2, -0.15) is 0 Å². The van der Waals surface area contributed by atoms with Gasteiger partial charge in [0.2, 0.25) is 0 Å². The molecule has 0 saturated heterocycles. The molecule has 81 valence electrons. The van der Waals surface area contributed by atoms with Crippen molar-refractivity contribution in [3.8, 4) is 0 Å². The first-order chi connectivity index (χ1) is 7.11. The van der Waals surface area contributed by atoms with Crippen LogP contribution in [-0.4, -0.2) is 23.3 Å². The van der Waals surface area contributed by atoms with Gasteiger partial charge in [0.05, 0.1) is 10.2 Å². The predicted molar refractivity (Wildman–Crippen MR) is 69.5 cm³/mol. The zero-order valence-corrected chi connectivity index (χ0v) is 11.2. The van der Waals surface area contributed by atoms with Crippen LogP contribution >= 0.6 is 0 Å². The van der Waals surface area contributed by atoms with Crippen LogP contribution in [-0.2, 0) is 0 Å². The van der Waals surface area contributed by atoms with E-state index in [2.05, 4.69) is 61.0 Å². The largest absolute Gasteiger partial charge is 0.372 e. The van der Waals surface area contributed by atoms with Gasteiger partial charge in [-0.3, -0.25) is 0 Å². The van der Waals surface area contributed by atoms with Crippen molar-refractivity contribution in [2.45, 2.75) is 33.6 Å². The Morgan fingerprint density at radius 3 is 2.27 bits per heavy atom. The highest BCUT2D eigenvalue weighted by Crippen LogP contribution is 2.25. The van der Waals surface area contributed by atoms with E-state index in [1.54, 1.807) is 0 Å². The van der Waals surface area contributed by atoms with E-state index in [-0.39, 0.29) is 0 Å². The van der Waals surface area contributed by atoms with Crippen molar-refractivity contribution < 1.29 is 0 Å². The smallest absolute Gasteiger partial charge is 0.0716 e. The fourth-order valence-electron chi connectivity index (χ4n) is 2.00. The van der Waals surface area contributed by atoms with Crippen molar-refractivity contribution in [3.63, 3.8) is 0 Å². The Morgan fingerprint density at radius 2 is 1.80 bits per heavy atom. The Balaban J connectivity index is 3.21. The van der Waals surface area contributed by atoms with Crippen LogP contribution in [0.2, 0.25) is 0 Å². The number of benzene rings is 1. The lowest BCUT2D eigenvalue weighted by Gasteiger charge is -2.27. The van der Waals surface area contributed by atoms with Crippen molar-refractivity contribution in [1.82, 2.24) is 0 Å². The van der Waals surface area contributed by atoms with Crippen molar-refractivity contribution in [3.05, 3.63) is 23.8 Å². The minimum atomic E-state index is 0.550. The third-order valence-corrected chi connectivity index (χ3v) is 3.20. The highest BCUT2D eigenvalue weighted by Gasteiger charge is 2.12. The molecule has 0 amide bonds. The predicted octanol–water partition coefficient (Wildman–Crippen LogP) is 2.45. The van der Waals surface area contributed by atoms with Crippen molar-refractivity contribution in [2.75, 3.05) is 18.0 Å². The van der Waals surface area contributed by atoms with Crippen LogP contribution in [0.15, 0.2) is 18.2 Å². The number of anilines is 1. The lowest BCUT2D eigenvalue weighted by molar-refractivity contribution is 0.821. The molecule has 3 radical (unpaired) electrons. The van der Waals surface area contributed by atoms with Crippen LogP contribution < -0.4 is 10.1 Å². The van der Waals surface area contributed by atoms with Crippen LogP contribution in [0.5, 0.6) is 0 Å². The molecule has 0 bridgehead atoms. The molecule has 1 aromatic rings. The van der Waals surface area contributed by atoms with Gasteiger partial charge in [-0.15, -0.1) is 0 Å². The number of nitrogens with zero attached hydrogens (tertiary/aromatic N) is 1. The van der Waals surface area contributed by atoms with E-state index in [4.69, 9.17) is 0 Å². The van der Waals surface area contributed by atoms with E-state index in [1.807, 2.05) is 0 Å². The van der Waals surface area contributed by atoms with Gasteiger partial charge in [-0.25, -0.2) is 0 Å². The van der Waals surface area contributed by atoms with Crippen molar-refractivity contribution in [2.24, 2.45) is 0 Å². The molecule has 0 unspecified atom stereocenters. The molecular formula is C13H20NSi. The summed E-state index contributed by atoms with van der Waals surface area (Å²) >= 11 is 0. The summed E-state index contributed by atoms with van der Waals surface area (Å²) in [5, 5.41) is 1.22. The van der Waals surface area contributed by atoms with E-state index >= 15 is 0 Å². The zero-order chi connectivity index (χ0) is 11.4. The molecule has 0 aliphatic heterocycles. The van der Waals surface area contributed by atoms with E-state index in [1.165, 1.54) is 16.4 Å². The highest BCUT2D eigenvalue weighted by molar-refractivity contribution is 6.33. The lowest BCUT2D eigenvalue weighted by atomic mass is 10.00. The molecule has 1 aromatic carbocycles. The van der Waals surface area contributed by atoms with E-state index < -0.39 is 0 Å². The second-order valence-corrected chi connectivity index (χ2v) is 4.60. The third kappa shape index (κ3) is 2.62. The van der Waals surface area contributed by atoms with Crippen LogP contribution in [0, 0.1) is 0 Å². The molecule has 2 heteroatoms. The third-order valence-electron chi connectivity index (χ3n) is 2.76. The quantitative estimate of drug-likeness (QED) is 0.702. The highest BCUT2D eigenvalue weighted by atomic mass is 28.1. The van der Waals surface area contributed by atoms with Crippen molar-refractivity contribution >= 4 is 21.1 Å². The Kier molecular flexibility index (Phi) is 4.39. The number of hydrogen-bond acceptors (Lipinski definition) is 1. The molecule has 0 heterocycles. The summed E-state index contributed by atoms with van der Waals surface area (Å²) in [4.78, 5) is 2.40. The van der Waals surface area contributed by atoms with Gasteiger partial charge >= 0.3 is 0 Å². The minimum Gasteiger partial charge on any atom is -0.372 e. The van der Waals surface area contributed by atoms with Gasteiger partial charge in [-0.1, -0.05) is 31.2 Å². The van der Waals surface area contributed by atoms with Crippen LogP contribution in [0.1, 0.15) is 39.2 Å². The van der Waals surface area contributed by atoms with Crippen LogP contribution in [0.4, 0.5) is 5.69 Å². The van der Waals surface area contributed by atoms with Gasteiger partial charge in [0, 0.05) is 18.8 Å². The summed E-state index contributed by atoms with van der Waals surface area (Å²) < 4.78 is 0. The van der Waals surface area contributed by atoms with Crippen LogP contribution in [0.3, 0.4) is 0 Å². The summed E-state index contributed by atoms with van der Waals surface area (Å²) in [7, 11) is 3.70. The molecule has 0 fully saturated rings. The molecule has 0 aliphatic carbocycles. The maximum absolute atomic E-state index is 3.70. The Labute approximate surface area is 96.9 Å². The molecule has 0 aromatic heterocycles. The summed E-state index contributed by atoms with van der Waals surface area (Å²) in [5.74, 6) is 0.550. The summed E-state index contributed by atoms with van der Waals surface area (Å²) in [5.41, 5.74) is 2.78. The standard InChI is InChI=1S/C13H20NSi/c1-5-14(6-2)11-8-7-9-12(15)13(11)10(3)4/h7-10H,5-6H2,1-4H3. The first-order valence-corrected chi connectivity index (χ1v) is 6.21. The molecule has 0 atom stereocenters. The lowest BCUT2D eigenvalue weighted by Crippen LogP contribution is -2.26. The Hall–Kier alpha value is -0.763. The topological polar surface area (TPSA) is 3.24 Å². The first kappa shape index (κ1) is 12.3. The van der Waals surface area contributed by atoms with E-state index in [0.717, 1.165) is 13.1 Å². The molecule has 0 aliphatic rings. The monoisotopic (exact) mass is 218 g/mol.